The van der Waals surface area contributed by atoms with Crippen molar-refractivity contribution in [1.29, 1.82) is 0 Å². The molecule has 0 N–H and O–H groups in total. The summed E-state index contributed by atoms with van der Waals surface area (Å²) < 4.78 is 3.53. The first-order valence-electron chi connectivity index (χ1n) is 4.97. The fraction of sp³-hybridized carbons (Fsp3) is 0.727. The Bertz CT molecular complexity index is 295. The molecule has 0 amide bonds. The summed E-state index contributed by atoms with van der Waals surface area (Å²) in [6.07, 6.45) is 0. The monoisotopic (exact) mass is 286 g/mol. The maximum atomic E-state index is 11.8. The van der Waals surface area contributed by atoms with Gasteiger partial charge in [-0.2, -0.15) is 0 Å². The Labute approximate surface area is 112 Å². The molecule has 0 saturated heterocycles. The number of hydrogen-bond donors (Lipinski definition) is 0. The van der Waals surface area contributed by atoms with Crippen molar-refractivity contribution in [3.05, 3.63) is 11.3 Å². The summed E-state index contributed by atoms with van der Waals surface area (Å²) in [6.45, 7) is 9.74. The third-order valence-electron chi connectivity index (χ3n) is 1.91. The maximum Gasteiger partial charge on any atom is 0.253 e. The van der Waals surface area contributed by atoms with Crippen molar-refractivity contribution in [3.8, 4) is 0 Å². The Morgan fingerprint density at radius 3 is 1.88 bits per heavy atom. The van der Waals surface area contributed by atoms with Gasteiger partial charge in [-0.05, 0) is 13.8 Å². The van der Waals surface area contributed by atoms with E-state index in [0.717, 1.165) is 0 Å². The molecule has 0 aromatic rings. The maximum absolute atomic E-state index is 11.8. The molecule has 5 heteroatoms. The zero-order chi connectivity index (χ0) is 13.1. The lowest BCUT2D eigenvalue weighted by Gasteiger charge is -2.25. The fourth-order valence-electron chi connectivity index (χ4n) is 1.35. The summed E-state index contributed by atoms with van der Waals surface area (Å²) in [6, 6.07) is 0. The molecule has 0 atom stereocenters. The van der Waals surface area contributed by atoms with Crippen LogP contribution in [0.4, 0.5) is 0 Å². The van der Waals surface area contributed by atoms with Gasteiger partial charge in [-0.25, -0.2) is 0 Å². The molecule has 0 bridgehead atoms. The van der Waals surface area contributed by atoms with Gasteiger partial charge in [0.05, 0.1) is 6.61 Å². The van der Waals surface area contributed by atoms with Gasteiger partial charge in [-0.3, -0.25) is 4.79 Å². The quantitative estimate of drug-likeness (QED) is 0.440. The molecule has 0 aromatic carbocycles. The van der Waals surface area contributed by atoms with E-state index < -0.39 is 9.58 Å². The van der Waals surface area contributed by atoms with Crippen LogP contribution < -0.4 is 0 Å². The van der Waals surface area contributed by atoms with Gasteiger partial charge in [0, 0.05) is 11.0 Å². The smallest absolute Gasteiger partial charge is 0.253 e. The Morgan fingerprint density at radius 2 is 1.62 bits per heavy atom. The largest absolute Gasteiger partial charge is 0.497 e. The SMILES string of the molecule is CCO/C(=C(\C)C(=O)C(Cl)(Cl)Cl)C(C)(C)C. The molecule has 16 heavy (non-hydrogen) atoms. The molecule has 0 unspecified atom stereocenters. The highest BCUT2D eigenvalue weighted by Crippen LogP contribution is 2.35. The van der Waals surface area contributed by atoms with Crippen molar-refractivity contribution < 1.29 is 9.53 Å². The fourth-order valence-corrected chi connectivity index (χ4v) is 1.77. The number of carbonyl (C=O) groups excluding carboxylic acids is 1. The number of alkyl halides is 3. The van der Waals surface area contributed by atoms with E-state index in [4.69, 9.17) is 39.5 Å². The van der Waals surface area contributed by atoms with Crippen LogP contribution in [0.15, 0.2) is 11.3 Å². The van der Waals surface area contributed by atoms with Gasteiger partial charge in [0.25, 0.3) is 3.79 Å². The lowest BCUT2D eigenvalue weighted by Crippen LogP contribution is -2.25. The van der Waals surface area contributed by atoms with E-state index >= 15 is 0 Å². The molecule has 0 aromatic heterocycles. The first-order chi connectivity index (χ1) is 7.01. The summed E-state index contributed by atoms with van der Waals surface area (Å²) in [5.41, 5.74) is 0.0559. The van der Waals surface area contributed by atoms with Gasteiger partial charge in [-0.1, -0.05) is 55.6 Å². The van der Waals surface area contributed by atoms with Crippen LogP contribution in [-0.4, -0.2) is 16.2 Å². The second kappa shape index (κ2) is 5.61. The Morgan fingerprint density at radius 1 is 1.19 bits per heavy atom. The number of ketones is 1. The standard InChI is InChI=1S/C11H17Cl3O2/c1-6-16-9(10(3,4)5)7(2)8(15)11(12,13)14/h6H2,1-5H3/b9-7+. The number of rotatable bonds is 3. The molecule has 0 spiro atoms. The van der Waals surface area contributed by atoms with Crippen molar-refractivity contribution in [1.82, 2.24) is 0 Å². The molecule has 94 valence electrons. The number of carbonyl (C=O) groups is 1. The minimum atomic E-state index is -1.93. The minimum absolute atomic E-state index is 0.300. The van der Waals surface area contributed by atoms with Gasteiger partial charge in [0.2, 0.25) is 5.78 Å². The average molecular weight is 288 g/mol. The number of halogens is 3. The predicted molar refractivity (Wildman–Crippen MR) is 69.1 cm³/mol. The second-order valence-electron chi connectivity index (χ2n) is 4.46. The molecule has 0 rings (SSSR count). The zero-order valence-corrected chi connectivity index (χ0v) is 12.4. The zero-order valence-electron chi connectivity index (χ0n) is 10.2. The van der Waals surface area contributed by atoms with Crippen LogP contribution in [0.1, 0.15) is 34.6 Å². The van der Waals surface area contributed by atoms with E-state index in [9.17, 15) is 4.79 Å². The van der Waals surface area contributed by atoms with Crippen LogP contribution in [0.3, 0.4) is 0 Å². The Kier molecular flexibility index (Phi) is 5.64. The highest BCUT2D eigenvalue weighted by molar-refractivity contribution is 6.77. The third-order valence-corrected chi connectivity index (χ3v) is 2.42. The summed E-state index contributed by atoms with van der Waals surface area (Å²) in [5, 5.41) is 0. The first-order valence-corrected chi connectivity index (χ1v) is 6.10. The van der Waals surface area contributed by atoms with Crippen molar-refractivity contribution in [3.63, 3.8) is 0 Å². The molecular weight excluding hydrogens is 270 g/mol. The summed E-state index contributed by atoms with van der Waals surface area (Å²) in [5.74, 6) is 0.0159. The molecule has 0 aliphatic rings. The second-order valence-corrected chi connectivity index (χ2v) is 6.75. The van der Waals surface area contributed by atoms with Crippen LogP contribution in [-0.2, 0) is 9.53 Å². The molecule has 0 radical (unpaired) electrons. The predicted octanol–water partition coefficient (Wildman–Crippen LogP) is 4.28. The molecular formula is C11H17Cl3O2. The van der Waals surface area contributed by atoms with Crippen LogP contribution >= 0.6 is 34.8 Å². The van der Waals surface area contributed by atoms with Crippen molar-refractivity contribution >= 4 is 40.6 Å². The molecule has 0 heterocycles. The Balaban J connectivity index is 5.38. The number of hydrogen-bond acceptors (Lipinski definition) is 2. The molecule has 0 aliphatic heterocycles. The minimum Gasteiger partial charge on any atom is -0.497 e. The van der Waals surface area contributed by atoms with Crippen molar-refractivity contribution in [2.24, 2.45) is 5.41 Å². The van der Waals surface area contributed by atoms with Gasteiger partial charge < -0.3 is 4.74 Å². The summed E-state index contributed by atoms with van der Waals surface area (Å²) >= 11 is 16.7. The highest BCUT2D eigenvalue weighted by Gasteiger charge is 2.35. The van der Waals surface area contributed by atoms with E-state index in [1.54, 1.807) is 6.92 Å². The average Bonchev–Trinajstić information content (AvgIpc) is 2.08. The van der Waals surface area contributed by atoms with E-state index in [1.165, 1.54) is 0 Å². The number of Topliss-reactive ketones (excluding diaryl/α,β-unsaturated/α-hetero) is 1. The molecule has 0 aliphatic carbocycles. The third kappa shape index (κ3) is 4.52. The van der Waals surface area contributed by atoms with E-state index in [0.29, 0.717) is 17.9 Å². The van der Waals surface area contributed by atoms with Crippen LogP contribution in [0.2, 0.25) is 0 Å². The van der Waals surface area contributed by atoms with Gasteiger partial charge >= 0.3 is 0 Å². The molecule has 2 nitrogen and oxygen atoms in total. The molecule has 0 saturated carbocycles. The van der Waals surface area contributed by atoms with Gasteiger partial charge in [0.1, 0.15) is 5.76 Å². The van der Waals surface area contributed by atoms with E-state index in [2.05, 4.69) is 0 Å². The van der Waals surface area contributed by atoms with Crippen molar-refractivity contribution in [2.45, 2.75) is 38.4 Å². The lowest BCUT2D eigenvalue weighted by atomic mass is 9.90. The lowest BCUT2D eigenvalue weighted by molar-refractivity contribution is -0.115. The van der Waals surface area contributed by atoms with Gasteiger partial charge in [0.15, 0.2) is 0 Å². The number of ether oxygens (including phenoxy) is 1. The normalized spacial score (nSPS) is 14.5. The first kappa shape index (κ1) is 16.1. The van der Waals surface area contributed by atoms with Crippen LogP contribution in [0.25, 0.3) is 0 Å². The van der Waals surface area contributed by atoms with Crippen LogP contribution in [0.5, 0.6) is 0 Å². The summed E-state index contributed by atoms with van der Waals surface area (Å²) in [7, 11) is 0. The van der Waals surface area contributed by atoms with Crippen LogP contribution in [0, 0.1) is 5.41 Å². The van der Waals surface area contributed by atoms with Gasteiger partial charge in [-0.15, -0.1) is 0 Å². The van der Waals surface area contributed by atoms with E-state index in [-0.39, 0.29) is 5.41 Å². The van der Waals surface area contributed by atoms with E-state index in [1.807, 2.05) is 27.7 Å². The Hall–Kier alpha value is 0.0800. The van der Waals surface area contributed by atoms with Crippen molar-refractivity contribution in [2.75, 3.05) is 6.61 Å². The number of allylic oxidation sites excluding steroid dienone is 2. The topological polar surface area (TPSA) is 26.3 Å². The summed E-state index contributed by atoms with van der Waals surface area (Å²) in [4.78, 5) is 11.8. The highest BCUT2D eigenvalue weighted by atomic mass is 35.6. The molecule has 0 fully saturated rings.